The highest BCUT2D eigenvalue weighted by atomic mass is 16.7. The van der Waals surface area contributed by atoms with Crippen LogP contribution in [-0.2, 0) is 19.2 Å². The highest BCUT2D eigenvalue weighted by Gasteiger charge is 2.32. The molecule has 0 bridgehead atoms. The van der Waals surface area contributed by atoms with Crippen LogP contribution in [0.25, 0.3) is 0 Å². The van der Waals surface area contributed by atoms with Gasteiger partial charge in [0.2, 0.25) is 0 Å². The Morgan fingerprint density at radius 3 is 2.38 bits per heavy atom. The van der Waals surface area contributed by atoms with Gasteiger partial charge in [0.1, 0.15) is 0 Å². The molecule has 1 heterocycles. The van der Waals surface area contributed by atoms with Gasteiger partial charge < -0.3 is 4.84 Å². The molecule has 0 aromatic rings. The first-order chi connectivity index (χ1) is 7.50. The van der Waals surface area contributed by atoms with Crippen LogP contribution in [0.5, 0.6) is 0 Å². The minimum absolute atomic E-state index is 0.137. The van der Waals surface area contributed by atoms with Crippen LogP contribution < -0.4 is 0 Å². The van der Waals surface area contributed by atoms with E-state index in [-0.39, 0.29) is 19.3 Å². The average Bonchev–Trinajstić information content (AvgIpc) is 2.49. The van der Waals surface area contributed by atoms with Gasteiger partial charge in [0.05, 0.1) is 0 Å². The van der Waals surface area contributed by atoms with Crippen molar-refractivity contribution in [1.29, 1.82) is 0 Å². The van der Waals surface area contributed by atoms with Crippen molar-refractivity contribution in [3.05, 3.63) is 0 Å². The number of carbonyl (C=O) groups excluding carboxylic acids is 3. The van der Waals surface area contributed by atoms with Crippen molar-refractivity contribution in [3.63, 3.8) is 0 Å². The molecule has 1 rings (SSSR count). The summed E-state index contributed by atoms with van der Waals surface area (Å²) in [5, 5.41) is 0.595. The van der Waals surface area contributed by atoms with Gasteiger partial charge in [0.15, 0.2) is 0 Å². The highest BCUT2D eigenvalue weighted by molar-refractivity contribution is 6.01. The maximum Gasteiger partial charge on any atom is 0.333 e. The molecule has 1 saturated heterocycles. The maximum absolute atomic E-state index is 11.3. The van der Waals surface area contributed by atoms with Crippen molar-refractivity contribution in [2.75, 3.05) is 0 Å². The zero-order chi connectivity index (χ0) is 12.1. The van der Waals surface area contributed by atoms with E-state index in [0.29, 0.717) is 17.4 Å². The molecule has 0 spiro atoms. The van der Waals surface area contributed by atoms with E-state index in [2.05, 4.69) is 13.8 Å². The monoisotopic (exact) mass is 227 g/mol. The first-order valence-corrected chi connectivity index (χ1v) is 5.57. The van der Waals surface area contributed by atoms with Crippen LogP contribution in [0.2, 0.25) is 0 Å². The van der Waals surface area contributed by atoms with E-state index in [0.717, 1.165) is 6.42 Å². The summed E-state index contributed by atoms with van der Waals surface area (Å²) in [6, 6.07) is 0. The average molecular weight is 227 g/mol. The molecule has 0 aliphatic carbocycles. The number of hydrogen-bond acceptors (Lipinski definition) is 4. The first-order valence-electron chi connectivity index (χ1n) is 5.57. The van der Waals surface area contributed by atoms with E-state index < -0.39 is 17.8 Å². The third-order valence-electron chi connectivity index (χ3n) is 2.36. The van der Waals surface area contributed by atoms with Crippen molar-refractivity contribution in [2.45, 2.75) is 46.0 Å². The number of hydroxylamine groups is 2. The maximum atomic E-state index is 11.3. The van der Waals surface area contributed by atoms with Crippen molar-refractivity contribution < 1.29 is 19.2 Å². The second kappa shape index (κ2) is 5.63. The molecular formula is C11H17NO4. The Balaban J connectivity index is 2.28. The normalized spacial score (nSPS) is 16.1. The Labute approximate surface area is 94.7 Å². The van der Waals surface area contributed by atoms with E-state index in [4.69, 9.17) is 4.84 Å². The minimum atomic E-state index is -0.510. The lowest BCUT2D eigenvalue weighted by Crippen LogP contribution is -2.31. The zero-order valence-electron chi connectivity index (χ0n) is 9.69. The Morgan fingerprint density at radius 1 is 1.31 bits per heavy atom. The highest BCUT2D eigenvalue weighted by Crippen LogP contribution is 2.14. The third kappa shape index (κ3) is 3.64. The lowest BCUT2D eigenvalue weighted by molar-refractivity contribution is -0.197. The van der Waals surface area contributed by atoms with Gasteiger partial charge in [-0.15, -0.1) is 5.06 Å². The minimum Gasteiger partial charge on any atom is -0.330 e. The summed E-state index contributed by atoms with van der Waals surface area (Å²) in [4.78, 5) is 38.3. The van der Waals surface area contributed by atoms with Crippen LogP contribution >= 0.6 is 0 Å². The van der Waals surface area contributed by atoms with Crippen LogP contribution in [0.15, 0.2) is 0 Å². The van der Waals surface area contributed by atoms with Crippen LogP contribution in [0.3, 0.4) is 0 Å². The van der Waals surface area contributed by atoms with E-state index >= 15 is 0 Å². The van der Waals surface area contributed by atoms with Crippen molar-refractivity contribution in [2.24, 2.45) is 5.92 Å². The van der Waals surface area contributed by atoms with Crippen molar-refractivity contribution in [1.82, 2.24) is 5.06 Å². The predicted octanol–water partition coefficient (Wildman–Crippen LogP) is 1.42. The molecule has 2 amide bonds. The standard InChI is InChI=1S/C11H17NO4/c1-8(2)4-3-5-11(15)16-12-9(13)6-7-10(12)14/h8H,3-7H2,1-2H3. The summed E-state index contributed by atoms with van der Waals surface area (Å²) >= 11 is 0. The molecule has 5 nitrogen and oxygen atoms in total. The fraction of sp³-hybridized carbons (Fsp3) is 0.727. The lowest BCUT2D eigenvalue weighted by Gasteiger charge is -2.12. The molecule has 90 valence electrons. The second-order valence-electron chi connectivity index (χ2n) is 4.33. The number of hydrogen-bond donors (Lipinski definition) is 0. The summed E-state index contributed by atoms with van der Waals surface area (Å²) in [6.45, 7) is 4.14. The largest absolute Gasteiger partial charge is 0.333 e. The van der Waals surface area contributed by atoms with Gasteiger partial charge in [-0.25, -0.2) is 4.79 Å². The lowest BCUT2D eigenvalue weighted by atomic mass is 10.1. The quantitative estimate of drug-likeness (QED) is 0.666. The smallest absolute Gasteiger partial charge is 0.330 e. The van der Waals surface area contributed by atoms with Gasteiger partial charge in [-0.05, 0) is 12.3 Å². The molecule has 0 unspecified atom stereocenters. The predicted molar refractivity (Wildman–Crippen MR) is 55.9 cm³/mol. The molecule has 0 aromatic heterocycles. The molecule has 1 aliphatic heterocycles. The van der Waals surface area contributed by atoms with Crippen LogP contribution in [0, 0.1) is 5.92 Å². The van der Waals surface area contributed by atoms with Gasteiger partial charge in [-0.1, -0.05) is 20.3 Å². The molecule has 0 saturated carbocycles. The van der Waals surface area contributed by atoms with Gasteiger partial charge >= 0.3 is 5.97 Å². The SMILES string of the molecule is CC(C)CCCC(=O)ON1C(=O)CCC1=O. The molecule has 1 aliphatic rings. The van der Waals surface area contributed by atoms with E-state index in [1.165, 1.54) is 0 Å². The van der Waals surface area contributed by atoms with Crippen molar-refractivity contribution >= 4 is 17.8 Å². The number of nitrogens with zero attached hydrogens (tertiary/aromatic N) is 1. The molecule has 0 atom stereocenters. The van der Waals surface area contributed by atoms with Crippen LogP contribution in [0.1, 0.15) is 46.0 Å². The molecule has 16 heavy (non-hydrogen) atoms. The zero-order valence-corrected chi connectivity index (χ0v) is 9.69. The van der Waals surface area contributed by atoms with Gasteiger partial charge in [0.25, 0.3) is 11.8 Å². The van der Waals surface area contributed by atoms with Crippen LogP contribution in [0.4, 0.5) is 0 Å². The third-order valence-corrected chi connectivity index (χ3v) is 2.36. The number of amides is 2. The van der Waals surface area contributed by atoms with Crippen molar-refractivity contribution in [3.8, 4) is 0 Å². The first kappa shape index (κ1) is 12.7. The Kier molecular flexibility index (Phi) is 4.46. The van der Waals surface area contributed by atoms with E-state index in [1.54, 1.807) is 0 Å². The summed E-state index contributed by atoms with van der Waals surface area (Å²) in [5.41, 5.74) is 0. The molecule has 1 fully saturated rings. The summed E-state index contributed by atoms with van der Waals surface area (Å²) in [5.74, 6) is -0.837. The molecule has 5 heteroatoms. The fourth-order valence-corrected chi connectivity index (χ4v) is 1.46. The summed E-state index contributed by atoms with van der Waals surface area (Å²) < 4.78 is 0. The van der Waals surface area contributed by atoms with Gasteiger partial charge in [-0.2, -0.15) is 0 Å². The number of carbonyl (C=O) groups is 3. The molecule has 0 radical (unpaired) electrons. The second-order valence-corrected chi connectivity index (χ2v) is 4.33. The topological polar surface area (TPSA) is 63.7 Å². The summed E-state index contributed by atoms with van der Waals surface area (Å²) in [6.07, 6.45) is 2.16. The Morgan fingerprint density at radius 2 is 1.88 bits per heavy atom. The number of rotatable bonds is 5. The molecular weight excluding hydrogens is 210 g/mol. The van der Waals surface area contributed by atoms with E-state index in [1.807, 2.05) is 0 Å². The number of imide groups is 1. The fourth-order valence-electron chi connectivity index (χ4n) is 1.46. The van der Waals surface area contributed by atoms with Crippen LogP contribution in [-0.4, -0.2) is 22.8 Å². The summed E-state index contributed by atoms with van der Waals surface area (Å²) in [7, 11) is 0. The molecule has 0 N–H and O–H groups in total. The molecule has 0 aromatic carbocycles. The van der Waals surface area contributed by atoms with E-state index in [9.17, 15) is 14.4 Å². The van der Waals surface area contributed by atoms with Gasteiger partial charge in [0, 0.05) is 19.3 Å². The van der Waals surface area contributed by atoms with Gasteiger partial charge in [-0.3, -0.25) is 9.59 Å². The Bertz CT molecular complexity index is 282. The Hall–Kier alpha value is -1.39.